The summed E-state index contributed by atoms with van der Waals surface area (Å²) in [6.07, 6.45) is -2.96. The van der Waals surface area contributed by atoms with Crippen LogP contribution in [0.15, 0.2) is 12.3 Å². The second-order valence-corrected chi connectivity index (χ2v) is 6.19. The van der Waals surface area contributed by atoms with Crippen molar-refractivity contribution in [2.24, 2.45) is 0 Å². The van der Waals surface area contributed by atoms with Crippen LogP contribution < -0.4 is 10.2 Å². The Morgan fingerprint density at radius 2 is 2.04 bits per heavy atom. The number of halogens is 4. The molecule has 0 saturated carbocycles. The standard InChI is InChI=1S/C16H22ClF3N4O2/c1-2-26-9-3-4-21-15(25)24-7-5-23(6-8-24)14-13(17)10-12(11-22-14)16(18,19)20/h10-11H,2-9H2,1H3,(H,21,25). The number of nitrogens with one attached hydrogen (secondary N) is 1. The number of carbonyl (C=O) groups is 1. The molecule has 10 heteroatoms. The van der Waals surface area contributed by atoms with Gasteiger partial charge in [-0.2, -0.15) is 13.2 Å². The molecule has 0 radical (unpaired) electrons. The van der Waals surface area contributed by atoms with Crippen LogP contribution in [0.2, 0.25) is 5.02 Å². The summed E-state index contributed by atoms with van der Waals surface area (Å²) in [7, 11) is 0. The Morgan fingerprint density at radius 3 is 2.62 bits per heavy atom. The number of piperazine rings is 1. The summed E-state index contributed by atoms with van der Waals surface area (Å²) in [6.45, 7) is 5.47. The lowest BCUT2D eigenvalue weighted by molar-refractivity contribution is -0.137. The van der Waals surface area contributed by atoms with Gasteiger partial charge in [0.2, 0.25) is 0 Å². The van der Waals surface area contributed by atoms with Crippen LogP contribution in [0.4, 0.5) is 23.8 Å². The average Bonchev–Trinajstić information content (AvgIpc) is 2.60. The summed E-state index contributed by atoms with van der Waals surface area (Å²) in [5.74, 6) is 0.302. The molecule has 2 heterocycles. The minimum Gasteiger partial charge on any atom is -0.382 e. The minimum absolute atomic E-state index is 0.0475. The van der Waals surface area contributed by atoms with E-state index in [-0.39, 0.29) is 11.1 Å². The number of hydrogen-bond donors (Lipinski definition) is 1. The third kappa shape index (κ3) is 5.63. The fraction of sp³-hybridized carbons (Fsp3) is 0.625. The zero-order chi connectivity index (χ0) is 19.2. The van der Waals surface area contributed by atoms with Gasteiger partial charge in [-0.25, -0.2) is 9.78 Å². The lowest BCUT2D eigenvalue weighted by atomic mass is 10.2. The largest absolute Gasteiger partial charge is 0.417 e. The lowest BCUT2D eigenvalue weighted by Gasteiger charge is -2.35. The van der Waals surface area contributed by atoms with Gasteiger partial charge in [-0.1, -0.05) is 11.6 Å². The van der Waals surface area contributed by atoms with Gasteiger partial charge in [-0.3, -0.25) is 0 Å². The highest BCUT2D eigenvalue weighted by atomic mass is 35.5. The zero-order valence-electron chi connectivity index (χ0n) is 14.5. The van der Waals surface area contributed by atoms with Crippen molar-refractivity contribution in [3.8, 4) is 0 Å². The first-order valence-electron chi connectivity index (χ1n) is 8.41. The summed E-state index contributed by atoms with van der Waals surface area (Å²) < 4.78 is 43.2. The molecule has 0 atom stereocenters. The number of carbonyl (C=O) groups excluding carboxylic acids is 1. The van der Waals surface area contributed by atoms with Crippen molar-refractivity contribution in [1.29, 1.82) is 0 Å². The molecule has 0 aromatic carbocycles. The summed E-state index contributed by atoms with van der Waals surface area (Å²) in [5, 5.41) is 2.78. The molecule has 1 aliphatic heterocycles. The topological polar surface area (TPSA) is 57.7 Å². The second-order valence-electron chi connectivity index (χ2n) is 5.78. The fourth-order valence-electron chi connectivity index (χ4n) is 2.57. The van der Waals surface area contributed by atoms with Crippen molar-refractivity contribution in [1.82, 2.24) is 15.2 Å². The number of aromatic nitrogens is 1. The monoisotopic (exact) mass is 394 g/mol. The zero-order valence-corrected chi connectivity index (χ0v) is 15.2. The maximum atomic E-state index is 12.7. The highest BCUT2D eigenvalue weighted by Crippen LogP contribution is 2.33. The fourth-order valence-corrected chi connectivity index (χ4v) is 2.85. The van der Waals surface area contributed by atoms with Crippen molar-refractivity contribution in [3.05, 3.63) is 22.8 Å². The van der Waals surface area contributed by atoms with Crippen LogP contribution in [-0.2, 0) is 10.9 Å². The molecule has 0 aliphatic carbocycles. The molecule has 6 nitrogen and oxygen atoms in total. The third-order valence-corrected chi connectivity index (χ3v) is 4.24. The molecule has 1 aliphatic rings. The molecule has 0 spiro atoms. The molecule has 0 bridgehead atoms. The first-order valence-corrected chi connectivity index (χ1v) is 8.79. The number of pyridine rings is 1. The minimum atomic E-state index is -4.48. The van der Waals surface area contributed by atoms with Crippen LogP contribution in [-0.4, -0.2) is 61.9 Å². The van der Waals surface area contributed by atoms with E-state index in [4.69, 9.17) is 16.3 Å². The number of ether oxygens (including phenoxy) is 1. The molecule has 1 saturated heterocycles. The average molecular weight is 395 g/mol. The number of rotatable bonds is 6. The van der Waals surface area contributed by atoms with E-state index in [0.29, 0.717) is 51.8 Å². The Labute approximate surface area is 155 Å². The van der Waals surface area contributed by atoms with Gasteiger partial charge in [0, 0.05) is 52.1 Å². The third-order valence-electron chi connectivity index (χ3n) is 3.96. The normalized spacial score (nSPS) is 15.3. The SMILES string of the molecule is CCOCCCNC(=O)N1CCN(c2ncc(C(F)(F)F)cc2Cl)CC1. The molecule has 2 amide bonds. The molecule has 146 valence electrons. The van der Waals surface area contributed by atoms with Gasteiger partial charge < -0.3 is 19.9 Å². The van der Waals surface area contributed by atoms with E-state index in [1.807, 2.05) is 6.92 Å². The van der Waals surface area contributed by atoms with E-state index in [2.05, 4.69) is 10.3 Å². The number of hydrogen-bond acceptors (Lipinski definition) is 4. The van der Waals surface area contributed by atoms with E-state index in [0.717, 1.165) is 18.7 Å². The number of amides is 2. The summed E-state index contributed by atoms with van der Waals surface area (Å²) in [6, 6.07) is 0.717. The number of alkyl halides is 3. The smallest absolute Gasteiger partial charge is 0.382 e. The molecule has 1 fully saturated rings. The molecule has 1 N–H and O–H groups in total. The molecule has 1 aromatic rings. The van der Waals surface area contributed by atoms with E-state index in [1.54, 1.807) is 9.80 Å². The Morgan fingerprint density at radius 1 is 1.35 bits per heavy atom. The molecule has 2 rings (SSSR count). The molecule has 0 unspecified atom stereocenters. The maximum Gasteiger partial charge on any atom is 0.417 e. The first kappa shape index (κ1) is 20.6. The van der Waals surface area contributed by atoms with Gasteiger partial charge in [0.1, 0.15) is 5.82 Å². The van der Waals surface area contributed by atoms with Crippen LogP contribution in [0.3, 0.4) is 0 Å². The lowest BCUT2D eigenvalue weighted by Crippen LogP contribution is -2.52. The van der Waals surface area contributed by atoms with E-state index in [9.17, 15) is 18.0 Å². The number of anilines is 1. The van der Waals surface area contributed by atoms with Gasteiger partial charge >= 0.3 is 12.2 Å². The molecule has 26 heavy (non-hydrogen) atoms. The van der Waals surface area contributed by atoms with Crippen molar-refractivity contribution < 1.29 is 22.7 Å². The number of urea groups is 1. The predicted molar refractivity (Wildman–Crippen MR) is 92.5 cm³/mol. The molecular formula is C16H22ClF3N4O2. The first-order chi connectivity index (χ1) is 12.3. The van der Waals surface area contributed by atoms with Crippen LogP contribution in [0, 0.1) is 0 Å². The quantitative estimate of drug-likeness (QED) is 0.753. The van der Waals surface area contributed by atoms with E-state index < -0.39 is 11.7 Å². The second kappa shape index (κ2) is 9.27. The summed E-state index contributed by atoms with van der Waals surface area (Å²) in [5.41, 5.74) is -0.878. The Hall–Kier alpha value is -1.74. The highest BCUT2D eigenvalue weighted by Gasteiger charge is 2.32. The van der Waals surface area contributed by atoms with Crippen molar-refractivity contribution >= 4 is 23.4 Å². The van der Waals surface area contributed by atoms with Gasteiger partial charge in [0.25, 0.3) is 0 Å². The predicted octanol–water partition coefficient (Wildman–Crippen LogP) is 3.01. The van der Waals surface area contributed by atoms with Crippen LogP contribution in [0.5, 0.6) is 0 Å². The molecular weight excluding hydrogens is 373 g/mol. The maximum absolute atomic E-state index is 12.7. The Kier molecular flexibility index (Phi) is 7.33. The van der Waals surface area contributed by atoms with Crippen molar-refractivity contribution in [2.45, 2.75) is 19.5 Å². The highest BCUT2D eigenvalue weighted by molar-refractivity contribution is 6.33. The van der Waals surface area contributed by atoms with Crippen molar-refractivity contribution in [2.75, 3.05) is 50.8 Å². The molecule has 1 aromatic heterocycles. The number of nitrogens with zero attached hydrogens (tertiary/aromatic N) is 3. The summed E-state index contributed by atoms with van der Waals surface area (Å²) >= 11 is 5.97. The Bertz CT molecular complexity index is 608. The van der Waals surface area contributed by atoms with Gasteiger partial charge in [0.05, 0.1) is 10.6 Å². The van der Waals surface area contributed by atoms with Crippen LogP contribution >= 0.6 is 11.6 Å². The van der Waals surface area contributed by atoms with Crippen molar-refractivity contribution in [3.63, 3.8) is 0 Å². The van der Waals surface area contributed by atoms with Gasteiger partial charge in [-0.15, -0.1) is 0 Å². The Balaban J connectivity index is 1.83. The summed E-state index contributed by atoms with van der Waals surface area (Å²) in [4.78, 5) is 19.4. The van der Waals surface area contributed by atoms with E-state index in [1.165, 1.54) is 0 Å². The van der Waals surface area contributed by atoms with Crippen LogP contribution in [0.25, 0.3) is 0 Å². The van der Waals surface area contributed by atoms with E-state index >= 15 is 0 Å². The van der Waals surface area contributed by atoms with Gasteiger partial charge in [0.15, 0.2) is 0 Å². The van der Waals surface area contributed by atoms with Gasteiger partial charge in [-0.05, 0) is 19.4 Å². The van der Waals surface area contributed by atoms with Crippen LogP contribution in [0.1, 0.15) is 18.9 Å².